The van der Waals surface area contributed by atoms with E-state index in [9.17, 15) is 10.2 Å². The molecule has 0 unspecified atom stereocenters. The van der Waals surface area contributed by atoms with Crippen LogP contribution >= 0.6 is 0 Å². The second-order valence-corrected chi connectivity index (χ2v) is 9.54. The van der Waals surface area contributed by atoms with E-state index in [-0.39, 0.29) is 10.8 Å². The zero-order valence-corrected chi connectivity index (χ0v) is 17.1. The number of piperidine rings is 1. The lowest BCUT2D eigenvalue weighted by Gasteiger charge is -2.49. The molecule has 4 rings (SSSR count). The molecule has 2 atom stereocenters. The third-order valence-electron chi connectivity index (χ3n) is 7.56. The van der Waals surface area contributed by atoms with Crippen molar-refractivity contribution in [2.24, 2.45) is 10.8 Å². The lowest BCUT2D eigenvalue weighted by Crippen LogP contribution is -2.54. The van der Waals surface area contributed by atoms with Gasteiger partial charge in [-0.25, -0.2) is 0 Å². The van der Waals surface area contributed by atoms with Crippen LogP contribution in [0.2, 0.25) is 0 Å². The molecule has 3 fully saturated rings. The summed E-state index contributed by atoms with van der Waals surface area (Å²) in [6.45, 7) is 4.67. The predicted molar refractivity (Wildman–Crippen MR) is 110 cm³/mol. The summed E-state index contributed by atoms with van der Waals surface area (Å²) >= 11 is 0. The number of hydrogen-bond donors (Lipinski definition) is 3. The SMILES string of the molecule is COCC1(CN[C@@H]2C[C@H]2c2ccccc2)CCN(CC2(C(O)O)CCC2)CC1. The van der Waals surface area contributed by atoms with Crippen molar-refractivity contribution in [3.8, 4) is 0 Å². The van der Waals surface area contributed by atoms with E-state index in [0.29, 0.717) is 12.0 Å². The van der Waals surface area contributed by atoms with Crippen LogP contribution in [0.25, 0.3) is 0 Å². The zero-order valence-electron chi connectivity index (χ0n) is 17.1. The van der Waals surface area contributed by atoms with Gasteiger partial charge in [0.1, 0.15) is 0 Å². The van der Waals surface area contributed by atoms with E-state index < -0.39 is 6.29 Å². The second-order valence-electron chi connectivity index (χ2n) is 9.54. The van der Waals surface area contributed by atoms with Crippen LogP contribution in [0.5, 0.6) is 0 Å². The van der Waals surface area contributed by atoms with Crippen molar-refractivity contribution in [3.63, 3.8) is 0 Å². The number of benzene rings is 1. The molecule has 1 saturated heterocycles. The van der Waals surface area contributed by atoms with Crippen LogP contribution in [0.3, 0.4) is 0 Å². The lowest BCUT2D eigenvalue weighted by atomic mass is 9.67. The number of methoxy groups -OCH3 is 1. The second kappa shape index (κ2) is 8.41. The Hall–Kier alpha value is -0.980. The smallest absolute Gasteiger partial charge is 0.158 e. The molecular weight excluding hydrogens is 352 g/mol. The van der Waals surface area contributed by atoms with Gasteiger partial charge in [0.05, 0.1) is 6.61 Å². The Balaban J connectivity index is 1.28. The fraction of sp³-hybridized carbons (Fsp3) is 0.739. The van der Waals surface area contributed by atoms with E-state index in [4.69, 9.17) is 4.74 Å². The summed E-state index contributed by atoms with van der Waals surface area (Å²) in [5, 5.41) is 23.4. The van der Waals surface area contributed by atoms with E-state index in [2.05, 4.69) is 40.5 Å². The number of nitrogens with zero attached hydrogens (tertiary/aromatic N) is 1. The van der Waals surface area contributed by atoms with Crippen LogP contribution in [-0.4, -0.2) is 67.3 Å². The molecule has 1 heterocycles. The summed E-state index contributed by atoms with van der Waals surface area (Å²) in [6, 6.07) is 11.4. The number of aliphatic hydroxyl groups is 2. The highest BCUT2D eigenvalue weighted by Crippen LogP contribution is 2.45. The van der Waals surface area contributed by atoms with Gasteiger partial charge in [0.15, 0.2) is 6.29 Å². The Bertz CT molecular complexity index is 624. The minimum Gasteiger partial charge on any atom is -0.384 e. The summed E-state index contributed by atoms with van der Waals surface area (Å²) in [5.74, 6) is 0.658. The van der Waals surface area contributed by atoms with Crippen molar-refractivity contribution in [3.05, 3.63) is 35.9 Å². The van der Waals surface area contributed by atoms with Crippen LogP contribution in [0.15, 0.2) is 30.3 Å². The predicted octanol–water partition coefficient (Wildman–Crippen LogP) is 2.34. The molecule has 2 saturated carbocycles. The van der Waals surface area contributed by atoms with Crippen molar-refractivity contribution in [1.82, 2.24) is 10.2 Å². The maximum atomic E-state index is 9.81. The number of aliphatic hydroxyl groups excluding tert-OH is 1. The van der Waals surface area contributed by atoms with Crippen LogP contribution in [0.1, 0.15) is 50.0 Å². The first kappa shape index (κ1) is 20.3. The first-order valence-electron chi connectivity index (χ1n) is 10.9. The van der Waals surface area contributed by atoms with Crippen LogP contribution in [0, 0.1) is 10.8 Å². The van der Waals surface area contributed by atoms with Crippen molar-refractivity contribution >= 4 is 0 Å². The third-order valence-corrected chi connectivity index (χ3v) is 7.56. The Morgan fingerprint density at radius 3 is 2.43 bits per heavy atom. The molecular formula is C23H36N2O3. The highest BCUT2D eigenvalue weighted by Gasteiger charge is 2.46. The normalized spacial score (nSPS) is 28.9. The standard InChI is InChI=1S/C23H36N2O3/c1-28-17-22(15-24-20-14-19(20)18-6-3-2-4-7-18)10-12-25(13-11-22)16-23(21(26)27)8-5-9-23/h2-4,6-7,19-21,24,26-27H,5,8-17H2,1H3/t19-,20+/m0/s1. The van der Waals surface area contributed by atoms with E-state index in [1.54, 1.807) is 0 Å². The summed E-state index contributed by atoms with van der Waals surface area (Å²) in [6.07, 6.45) is 5.26. The molecule has 28 heavy (non-hydrogen) atoms. The van der Waals surface area contributed by atoms with Gasteiger partial charge in [-0.3, -0.25) is 0 Å². The largest absolute Gasteiger partial charge is 0.384 e. The Morgan fingerprint density at radius 2 is 1.86 bits per heavy atom. The van der Waals surface area contributed by atoms with Crippen LogP contribution < -0.4 is 5.32 Å². The summed E-state index contributed by atoms with van der Waals surface area (Å²) in [4.78, 5) is 2.44. The molecule has 3 N–H and O–H groups in total. The van der Waals surface area contributed by atoms with Crippen LogP contribution in [0.4, 0.5) is 0 Å². The maximum Gasteiger partial charge on any atom is 0.158 e. The highest BCUT2D eigenvalue weighted by molar-refractivity contribution is 5.27. The average Bonchev–Trinajstić information content (AvgIpc) is 3.45. The van der Waals surface area contributed by atoms with Crippen molar-refractivity contribution in [1.29, 1.82) is 0 Å². The van der Waals surface area contributed by atoms with E-state index >= 15 is 0 Å². The molecule has 3 aliphatic rings. The number of hydrogen-bond acceptors (Lipinski definition) is 5. The van der Waals surface area contributed by atoms with Gasteiger partial charge >= 0.3 is 0 Å². The van der Waals surface area contributed by atoms with E-state index in [1.807, 2.05) is 7.11 Å². The molecule has 1 aromatic carbocycles. The van der Waals surface area contributed by atoms with Crippen molar-refractivity contribution < 1.29 is 14.9 Å². The van der Waals surface area contributed by atoms with Gasteiger partial charge in [-0.2, -0.15) is 0 Å². The molecule has 0 aromatic heterocycles. The van der Waals surface area contributed by atoms with E-state index in [0.717, 1.165) is 64.9 Å². The average molecular weight is 389 g/mol. The monoisotopic (exact) mass is 388 g/mol. The summed E-state index contributed by atoms with van der Waals surface area (Å²) in [7, 11) is 1.81. The first-order chi connectivity index (χ1) is 13.6. The maximum absolute atomic E-state index is 9.81. The number of rotatable bonds is 9. The Labute approximate surface area is 169 Å². The third kappa shape index (κ3) is 4.29. The van der Waals surface area contributed by atoms with Gasteiger partial charge in [0.2, 0.25) is 0 Å². The lowest BCUT2D eigenvalue weighted by molar-refractivity contribution is -0.178. The molecule has 1 aliphatic heterocycles. The van der Waals surface area contributed by atoms with Gasteiger partial charge in [0, 0.05) is 43.0 Å². The fourth-order valence-corrected chi connectivity index (χ4v) is 5.27. The quantitative estimate of drug-likeness (QED) is 0.567. The van der Waals surface area contributed by atoms with Crippen molar-refractivity contribution in [2.75, 3.05) is 39.9 Å². The minimum atomic E-state index is -1.18. The molecule has 5 nitrogen and oxygen atoms in total. The molecule has 2 aliphatic carbocycles. The van der Waals surface area contributed by atoms with Crippen LogP contribution in [-0.2, 0) is 4.74 Å². The number of ether oxygens (including phenoxy) is 1. The number of nitrogens with one attached hydrogen (secondary N) is 1. The van der Waals surface area contributed by atoms with Gasteiger partial charge in [-0.15, -0.1) is 0 Å². The summed E-state index contributed by atoms with van der Waals surface area (Å²) in [5.41, 5.74) is 1.36. The molecule has 156 valence electrons. The Kier molecular flexibility index (Phi) is 6.09. The molecule has 0 spiro atoms. The molecule has 1 aromatic rings. The van der Waals surface area contributed by atoms with Gasteiger partial charge in [0.25, 0.3) is 0 Å². The van der Waals surface area contributed by atoms with Gasteiger partial charge in [-0.1, -0.05) is 36.8 Å². The molecule has 0 radical (unpaired) electrons. The van der Waals surface area contributed by atoms with Gasteiger partial charge < -0.3 is 25.2 Å². The van der Waals surface area contributed by atoms with Gasteiger partial charge in [-0.05, 0) is 50.8 Å². The van der Waals surface area contributed by atoms with E-state index in [1.165, 1.54) is 12.0 Å². The Morgan fingerprint density at radius 1 is 1.14 bits per heavy atom. The number of likely N-dealkylation sites (tertiary alicyclic amines) is 1. The topological polar surface area (TPSA) is 65.0 Å². The summed E-state index contributed by atoms with van der Waals surface area (Å²) < 4.78 is 5.62. The first-order valence-corrected chi connectivity index (χ1v) is 10.9. The molecule has 0 bridgehead atoms. The van der Waals surface area contributed by atoms with Crippen molar-refractivity contribution in [2.45, 2.75) is 56.8 Å². The fourth-order valence-electron chi connectivity index (χ4n) is 5.27. The minimum absolute atomic E-state index is 0.194. The molecule has 0 amide bonds. The zero-order chi connectivity index (χ0) is 19.6. The highest BCUT2D eigenvalue weighted by atomic mass is 16.5. The molecule has 5 heteroatoms.